The van der Waals surface area contributed by atoms with Crippen molar-refractivity contribution in [3.63, 3.8) is 0 Å². The van der Waals surface area contributed by atoms with Gasteiger partial charge in [-0.1, -0.05) is 12.1 Å². The van der Waals surface area contributed by atoms with Gasteiger partial charge in [0.15, 0.2) is 0 Å². The third kappa shape index (κ3) is 5.12. The summed E-state index contributed by atoms with van der Waals surface area (Å²) in [4.78, 5) is 24.1. The quantitative estimate of drug-likeness (QED) is 0.516. The Hall–Kier alpha value is -2.87. The zero-order valence-electron chi connectivity index (χ0n) is 19.2. The van der Waals surface area contributed by atoms with Crippen molar-refractivity contribution >= 4 is 12.1 Å². The van der Waals surface area contributed by atoms with Gasteiger partial charge in [-0.2, -0.15) is 5.10 Å². The van der Waals surface area contributed by atoms with Crippen LogP contribution >= 0.6 is 0 Å². The van der Waals surface area contributed by atoms with E-state index in [1.165, 1.54) is 12.7 Å². The summed E-state index contributed by atoms with van der Waals surface area (Å²) in [5.74, 6) is 0.402. The van der Waals surface area contributed by atoms with E-state index in [9.17, 15) is 9.59 Å². The number of carbonyl (C=O) groups excluding carboxylic acids is 2. The van der Waals surface area contributed by atoms with Crippen LogP contribution in [0.5, 0.6) is 0 Å². The summed E-state index contributed by atoms with van der Waals surface area (Å²) in [7, 11) is 1.40. The number of benzene rings is 1. The Labute approximate surface area is 188 Å². The number of esters is 1. The molecule has 2 N–H and O–H groups in total. The number of nitrogens with zero attached hydrogens (tertiary/aromatic N) is 2. The molecule has 1 amide bonds. The second kappa shape index (κ2) is 8.94. The molecule has 0 bridgehead atoms. The van der Waals surface area contributed by atoms with Crippen LogP contribution in [0, 0.1) is 0 Å². The van der Waals surface area contributed by atoms with E-state index in [1.54, 1.807) is 6.20 Å². The van der Waals surface area contributed by atoms with Gasteiger partial charge in [-0.15, -0.1) is 0 Å². The van der Waals surface area contributed by atoms with Crippen LogP contribution in [-0.2, 0) is 9.47 Å². The molecular weight excluding hydrogens is 408 g/mol. The SMILES string of the molecule is COC(=O)c1cnn(-c2cccc(C3CCC(NNC(=O)OC(C)(C)C)C3)c2)c1C1CC1. The molecule has 0 radical (unpaired) electrons. The molecule has 0 aliphatic heterocycles. The lowest BCUT2D eigenvalue weighted by molar-refractivity contribution is 0.0487. The summed E-state index contributed by atoms with van der Waals surface area (Å²) in [6, 6.07) is 8.56. The number of methoxy groups -OCH3 is 1. The smallest absolute Gasteiger partial charge is 0.422 e. The molecule has 2 unspecified atom stereocenters. The number of nitrogens with one attached hydrogen (secondary N) is 2. The summed E-state index contributed by atoms with van der Waals surface area (Å²) in [6.07, 6.45) is 6.19. The molecule has 2 atom stereocenters. The summed E-state index contributed by atoms with van der Waals surface area (Å²) >= 11 is 0. The largest absolute Gasteiger partial charge is 0.465 e. The first-order chi connectivity index (χ1) is 15.2. The van der Waals surface area contributed by atoms with Gasteiger partial charge in [0.05, 0.1) is 24.7 Å². The van der Waals surface area contributed by atoms with Gasteiger partial charge in [0.1, 0.15) is 11.2 Å². The lowest BCUT2D eigenvalue weighted by Gasteiger charge is -2.21. The third-order valence-electron chi connectivity index (χ3n) is 5.97. The van der Waals surface area contributed by atoms with Gasteiger partial charge in [-0.3, -0.25) is 5.43 Å². The maximum Gasteiger partial charge on any atom is 0.422 e. The molecular formula is C24H32N4O4. The average molecular weight is 441 g/mol. The number of hydrogen-bond donors (Lipinski definition) is 2. The lowest BCUT2D eigenvalue weighted by Crippen LogP contribution is -2.45. The number of rotatable bonds is 6. The summed E-state index contributed by atoms with van der Waals surface area (Å²) in [5, 5.41) is 4.52. The Morgan fingerprint density at radius 3 is 2.56 bits per heavy atom. The Morgan fingerprint density at radius 1 is 1.12 bits per heavy atom. The van der Waals surface area contributed by atoms with Gasteiger partial charge >= 0.3 is 12.1 Å². The number of ether oxygens (including phenoxy) is 2. The van der Waals surface area contributed by atoms with Crippen LogP contribution in [-0.4, -0.2) is 40.6 Å². The fourth-order valence-corrected chi connectivity index (χ4v) is 4.37. The molecule has 0 saturated heterocycles. The highest BCUT2D eigenvalue weighted by Gasteiger charge is 2.33. The Bertz CT molecular complexity index is 990. The number of amides is 1. The minimum Gasteiger partial charge on any atom is -0.465 e. The van der Waals surface area contributed by atoms with Gasteiger partial charge in [-0.05, 0) is 76.5 Å². The van der Waals surface area contributed by atoms with Crippen molar-refractivity contribution in [3.05, 3.63) is 47.3 Å². The highest BCUT2D eigenvalue weighted by Crippen LogP contribution is 2.43. The minimum absolute atomic E-state index is 0.189. The van der Waals surface area contributed by atoms with Crippen molar-refractivity contribution in [2.75, 3.05) is 7.11 Å². The van der Waals surface area contributed by atoms with Crippen LogP contribution in [0.25, 0.3) is 5.69 Å². The zero-order valence-corrected chi connectivity index (χ0v) is 19.2. The fourth-order valence-electron chi connectivity index (χ4n) is 4.37. The number of hydrazine groups is 1. The van der Waals surface area contributed by atoms with Crippen molar-refractivity contribution in [3.8, 4) is 5.69 Å². The molecule has 0 spiro atoms. The van der Waals surface area contributed by atoms with E-state index in [-0.39, 0.29) is 12.0 Å². The first-order valence-corrected chi connectivity index (χ1v) is 11.3. The van der Waals surface area contributed by atoms with Gasteiger partial charge in [-0.25, -0.2) is 19.7 Å². The van der Waals surface area contributed by atoms with Crippen molar-refractivity contribution in [2.45, 2.75) is 76.4 Å². The van der Waals surface area contributed by atoms with Crippen LogP contribution in [0.2, 0.25) is 0 Å². The molecule has 1 aromatic carbocycles. The van der Waals surface area contributed by atoms with Crippen LogP contribution in [0.15, 0.2) is 30.5 Å². The van der Waals surface area contributed by atoms with Crippen LogP contribution in [0.1, 0.15) is 86.3 Å². The van der Waals surface area contributed by atoms with Crippen LogP contribution < -0.4 is 10.9 Å². The standard InChI is InChI=1S/C24H32N4O4/c1-24(2,3)32-23(30)27-26-18-11-10-17(12-18)16-6-5-7-19(13-16)28-21(15-8-9-15)20(14-25-28)22(29)31-4/h5-7,13-15,17-18,26H,8-12H2,1-4H3,(H,27,30). The molecule has 32 heavy (non-hydrogen) atoms. The van der Waals surface area contributed by atoms with E-state index in [2.05, 4.69) is 28.1 Å². The maximum absolute atomic E-state index is 12.2. The topological polar surface area (TPSA) is 94.5 Å². The Morgan fingerprint density at radius 2 is 1.88 bits per heavy atom. The predicted molar refractivity (Wildman–Crippen MR) is 120 cm³/mol. The normalized spacial score (nSPS) is 20.8. The molecule has 1 heterocycles. The second-order valence-corrected chi connectivity index (χ2v) is 9.69. The second-order valence-electron chi connectivity index (χ2n) is 9.69. The van der Waals surface area contributed by atoms with E-state index >= 15 is 0 Å². The molecule has 2 saturated carbocycles. The minimum atomic E-state index is -0.524. The molecule has 2 aliphatic carbocycles. The van der Waals surface area contributed by atoms with E-state index in [0.29, 0.717) is 17.4 Å². The van der Waals surface area contributed by atoms with Gasteiger partial charge in [0.2, 0.25) is 0 Å². The average Bonchev–Trinajstić information content (AvgIpc) is 3.31. The molecule has 2 fully saturated rings. The van der Waals surface area contributed by atoms with Crippen LogP contribution in [0.4, 0.5) is 4.79 Å². The molecule has 172 valence electrons. The molecule has 4 rings (SSSR count). The highest BCUT2D eigenvalue weighted by atomic mass is 16.6. The summed E-state index contributed by atoms with van der Waals surface area (Å²) < 4.78 is 12.1. The molecule has 8 heteroatoms. The summed E-state index contributed by atoms with van der Waals surface area (Å²) in [5.41, 5.74) is 8.95. The van der Waals surface area contributed by atoms with Crippen molar-refractivity contribution in [1.29, 1.82) is 0 Å². The molecule has 2 aliphatic rings. The lowest BCUT2D eigenvalue weighted by atomic mass is 9.97. The van der Waals surface area contributed by atoms with Crippen molar-refractivity contribution < 1.29 is 19.1 Å². The number of aromatic nitrogens is 2. The number of carbonyl (C=O) groups is 2. The first-order valence-electron chi connectivity index (χ1n) is 11.3. The third-order valence-corrected chi connectivity index (χ3v) is 5.97. The fraction of sp³-hybridized carbons (Fsp3) is 0.542. The Balaban J connectivity index is 1.44. The van der Waals surface area contributed by atoms with E-state index < -0.39 is 11.7 Å². The van der Waals surface area contributed by atoms with Crippen LogP contribution in [0.3, 0.4) is 0 Å². The van der Waals surface area contributed by atoms with Gasteiger partial charge < -0.3 is 9.47 Å². The predicted octanol–water partition coefficient (Wildman–Crippen LogP) is 4.20. The first kappa shape index (κ1) is 22.3. The van der Waals surface area contributed by atoms with Gasteiger partial charge in [0, 0.05) is 12.0 Å². The van der Waals surface area contributed by atoms with Crippen molar-refractivity contribution in [2.24, 2.45) is 0 Å². The number of hydrogen-bond acceptors (Lipinski definition) is 6. The van der Waals surface area contributed by atoms with E-state index in [1.807, 2.05) is 37.6 Å². The van der Waals surface area contributed by atoms with Gasteiger partial charge in [0.25, 0.3) is 0 Å². The van der Waals surface area contributed by atoms with Crippen molar-refractivity contribution in [1.82, 2.24) is 20.6 Å². The van der Waals surface area contributed by atoms with E-state index in [4.69, 9.17) is 9.47 Å². The molecule has 8 nitrogen and oxygen atoms in total. The van der Waals surface area contributed by atoms with E-state index in [0.717, 1.165) is 43.5 Å². The molecule has 1 aromatic heterocycles. The maximum atomic E-state index is 12.2. The highest BCUT2D eigenvalue weighted by molar-refractivity contribution is 5.90. The molecule has 2 aromatic rings. The monoisotopic (exact) mass is 440 g/mol. The summed E-state index contributed by atoms with van der Waals surface area (Å²) in [6.45, 7) is 5.52. The zero-order chi connectivity index (χ0) is 22.9. The Kier molecular flexibility index (Phi) is 6.24.